The minimum absolute atomic E-state index is 0.141. The number of hydrogen-bond acceptors (Lipinski definition) is 5. The summed E-state index contributed by atoms with van der Waals surface area (Å²) in [6.45, 7) is 0. The molecule has 0 bridgehead atoms. The van der Waals surface area contributed by atoms with Crippen LogP contribution in [0.4, 0.5) is 29.3 Å². The van der Waals surface area contributed by atoms with E-state index in [1.54, 1.807) is 37.4 Å². The molecular weight excluding hydrogens is 429 g/mol. The van der Waals surface area contributed by atoms with E-state index in [9.17, 15) is 27.6 Å². The van der Waals surface area contributed by atoms with Crippen molar-refractivity contribution in [1.29, 1.82) is 0 Å². The highest BCUT2D eigenvalue weighted by Crippen LogP contribution is 2.30. The van der Waals surface area contributed by atoms with Crippen LogP contribution in [0.1, 0.15) is 0 Å². The maximum Gasteiger partial charge on any atom is 0.573 e. The van der Waals surface area contributed by atoms with Crippen LogP contribution in [-0.4, -0.2) is 48.2 Å². The lowest BCUT2D eigenvalue weighted by Gasteiger charge is -2.37. The van der Waals surface area contributed by atoms with Gasteiger partial charge in [0.25, 0.3) is 11.8 Å². The summed E-state index contributed by atoms with van der Waals surface area (Å²) < 4.78 is 40.6. The van der Waals surface area contributed by atoms with E-state index >= 15 is 0 Å². The van der Waals surface area contributed by atoms with Crippen molar-refractivity contribution >= 4 is 29.2 Å². The summed E-state index contributed by atoms with van der Waals surface area (Å²) >= 11 is 0. The van der Waals surface area contributed by atoms with Crippen molar-refractivity contribution in [3.05, 3.63) is 66.4 Å². The third-order valence-corrected chi connectivity index (χ3v) is 5.01. The molecular formula is C21H17F3N4O4. The smallest absolute Gasteiger partial charge is 0.406 e. The molecule has 2 aromatic rings. The minimum Gasteiger partial charge on any atom is -0.406 e. The average molecular weight is 446 g/mol. The van der Waals surface area contributed by atoms with E-state index < -0.39 is 42.0 Å². The van der Waals surface area contributed by atoms with Gasteiger partial charge in [0.1, 0.15) is 11.8 Å². The molecule has 0 spiro atoms. The fraction of sp³-hybridized carbons (Fsp3) is 0.190. The predicted octanol–water partition coefficient (Wildman–Crippen LogP) is 2.85. The lowest BCUT2D eigenvalue weighted by atomic mass is 9.99. The van der Waals surface area contributed by atoms with Crippen LogP contribution in [0, 0.1) is 0 Å². The zero-order valence-electron chi connectivity index (χ0n) is 16.6. The van der Waals surface area contributed by atoms with Gasteiger partial charge in [0, 0.05) is 18.9 Å². The first kappa shape index (κ1) is 21.2. The van der Waals surface area contributed by atoms with Crippen LogP contribution in [0.3, 0.4) is 0 Å². The number of benzene rings is 2. The molecule has 2 heterocycles. The second-order valence-electron chi connectivity index (χ2n) is 7.16. The normalized spacial score (nSPS) is 20.4. The number of urea groups is 1. The maximum absolute atomic E-state index is 13.1. The predicted molar refractivity (Wildman–Crippen MR) is 108 cm³/mol. The Kier molecular flexibility index (Phi) is 5.25. The van der Waals surface area contributed by atoms with E-state index in [1.807, 2.05) is 0 Å². The van der Waals surface area contributed by atoms with E-state index in [0.29, 0.717) is 5.69 Å². The van der Waals surface area contributed by atoms with Crippen molar-refractivity contribution in [3.8, 4) is 5.75 Å². The van der Waals surface area contributed by atoms with E-state index in [1.165, 1.54) is 23.2 Å². The summed E-state index contributed by atoms with van der Waals surface area (Å²) in [6, 6.07) is 10.6. The monoisotopic (exact) mass is 446 g/mol. The third-order valence-electron chi connectivity index (χ3n) is 5.01. The SMILES string of the molecule is CN1C=C(C(=O)Nc2ccc(OC(F)(F)F)cc2)C2NC(=O)N(c3ccccc3)C(=O)C21. The van der Waals surface area contributed by atoms with Gasteiger partial charge in [-0.25, -0.2) is 9.69 Å². The van der Waals surface area contributed by atoms with E-state index in [2.05, 4.69) is 15.4 Å². The van der Waals surface area contributed by atoms with Gasteiger partial charge in [0.2, 0.25) is 0 Å². The standard InChI is InChI=1S/C21H17F3N4O4/c1-27-11-15(18(29)25-12-7-9-14(10-8-12)32-21(22,23)24)16-17(27)19(30)28(20(31)26-16)13-5-3-2-4-6-13/h2-11,16-17H,1H3,(H,25,29)(H,26,31). The molecule has 2 aliphatic rings. The molecule has 0 saturated carbocycles. The summed E-state index contributed by atoms with van der Waals surface area (Å²) in [5.41, 5.74) is 0.763. The summed E-state index contributed by atoms with van der Waals surface area (Å²) in [4.78, 5) is 41.1. The van der Waals surface area contributed by atoms with E-state index in [0.717, 1.165) is 17.0 Å². The van der Waals surface area contributed by atoms with Crippen LogP contribution >= 0.6 is 0 Å². The molecule has 0 radical (unpaired) electrons. The molecule has 0 aliphatic carbocycles. The molecule has 4 rings (SSSR count). The van der Waals surface area contributed by atoms with Gasteiger partial charge in [-0.3, -0.25) is 9.59 Å². The first-order valence-electron chi connectivity index (χ1n) is 9.44. The zero-order chi connectivity index (χ0) is 23.0. The minimum atomic E-state index is -4.82. The number of ether oxygens (including phenoxy) is 1. The van der Waals surface area contributed by atoms with Gasteiger partial charge in [0.15, 0.2) is 0 Å². The molecule has 2 N–H and O–H groups in total. The second kappa shape index (κ2) is 7.91. The molecule has 1 fully saturated rings. The van der Waals surface area contributed by atoms with Crippen LogP contribution in [-0.2, 0) is 9.59 Å². The summed E-state index contributed by atoms with van der Waals surface area (Å²) in [5.74, 6) is -1.52. The Bertz CT molecular complexity index is 1090. The van der Waals surface area contributed by atoms with Gasteiger partial charge < -0.3 is 20.3 Å². The molecule has 11 heteroatoms. The quantitative estimate of drug-likeness (QED) is 0.754. The molecule has 32 heavy (non-hydrogen) atoms. The first-order chi connectivity index (χ1) is 15.1. The number of imide groups is 1. The third kappa shape index (κ3) is 4.09. The van der Waals surface area contributed by atoms with Crippen molar-refractivity contribution in [2.24, 2.45) is 0 Å². The summed E-state index contributed by atoms with van der Waals surface area (Å²) in [6.07, 6.45) is -3.36. The highest BCUT2D eigenvalue weighted by atomic mass is 19.4. The largest absolute Gasteiger partial charge is 0.573 e. The fourth-order valence-corrected chi connectivity index (χ4v) is 3.65. The van der Waals surface area contributed by atoms with Crippen molar-refractivity contribution in [2.75, 3.05) is 17.3 Å². The number of anilines is 2. The van der Waals surface area contributed by atoms with Gasteiger partial charge >= 0.3 is 12.4 Å². The number of alkyl halides is 3. The Hall–Kier alpha value is -4.02. The van der Waals surface area contributed by atoms with Crippen LogP contribution in [0.2, 0.25) is 0 Å². The van der Waals surface area contributed by atoms with Crippen molar-refractivity contribution in [1.82, 2.24) is 10.2 Å². The number of para-hydroxylation sites is 1. The lowest BCUT2D eigenvalue weighted by Crippen LogP contribution is -2.65. The second-order valence-corrected chi connectivity index (χ2v) is 7.16. The highest BCUT2D eigenvalue weighted by Gasteiger charge is 2.49. The van der Waals surface area contributed by atoms with Crippen molar-refractivity contribution in [3.63, 3.8) is 0 Å². The number of hydrogen-bond donors (Lipinski definition) is 2. The topological polar surface area (TPSA) is 91.0 Å². The number of carbonyl (C=O) groups excluding carboxylic acids is 3. The van der Waals surface area contributed by atoms with Crippen molar-refractivity contribution < 1.29 is 32.3 Å². The number of carbonyl (C=O) groups is 3. The van der Waals surface area contributed by atoms with Crippen LogP contribution in [0.5, 0.6) is 5.75 Å². The fourth-order valence-electron chi connectivity index (χ4n) is 3.65. The van der Waals surface area contributed by atoms with Crippen molar-refractivity contribution in [2.45, 2.75) is 18.4 Å². The number of nitrogens with zero attached hydrogens (tertiary/aromatic N) is 2. The van der Waals surface area contributed by atoms with Crippen LogP contribution < -0.4 is 20.3 Å². The molecule has 0 aromatic heterocycles. The first-order valence-corrected chi connectivity index (χ1v) is 9.44. The molecule has 1 saturated heterocycles. The number of nitrogens with one attached hydrogen (secondary N) is 2. The van der Waals surface area contributed by atoms with Gasteiger partial charge in [-0.2, -0.15) is 0 Å². The zero-order valence-corrected chi connectivity index (χ0v) is 16.6. The average Bonchev–Trinajstić information content (AvgIpc) is 3.05. The van der Waals surface area contributed by atoms with Gasteiger partial charge in [-0.05, 0) is 36.4 Å². The maximum atomic E-state index is 13.1. The van der Waals surface area contributed by atoms with Gasteiger partial charge in [0.05, 0.1) is 17.3 Å². The Balaban J connectivity index is 1.49. The summed E-state index contributed by atoms with van der Waals surface area (Å²) in [5, 5.41) is 5.24. The molecule has 2 aliphatic heterocycles. The van der Waals surface area contributed by atoms with Gasteiger partial charge in [-0.15, -0.1) is 13.2 Å². The molecule has 2 atom stereocenters. The molecule has 4 amide bonds. The molecule has 8 nitrogen and oxygen atoms in total. The number of rotatable bonds is 4. The van der Waals surface area contributed by atoms with Crippen LogP contribution in [0.15, 0.2) is 66.4 Å². The molecule has 2 aromatic carbocycles. The number of likely N-dealkylation sites (N-methyl/N-ethyl adjacent to an activating group) is 1. The Morgan fingerprint density at radius 1 is 1.06 bits per heavy atom. The number of fused-ring (bicyclic) bond motifs is 1. The van der Waals surface area contributed by atoms with E-state index in [-0.39, 0.29) is 11.3 Å². The Morgan fingerprint density at radius 3 is 2.34 bits per heavy atom. The lowest BCUT2D eigenvalue weighted by molar-refractivity contribution is -0.274. The number of halogens is 3. The van der Waals surface area contributed by atoms with Gasteiger partial charge in [-0.1, -0.05) is 18.2 Å². The number of amides is 4. The van der Waals surface area contributed by atoms with E-state index in [4.69, 9.17) is 0 Å². The summed E-state index contributed by atoms with van der Waals surface area (Å²) in [7, 11) is 1.61. The van der Waals surface area contributed by atoms with Crippen LogP contribution in [0.25, 0.3) is 0 Å². The Labute approximate surface area is 180 Å². The Morgan fingerprint density at radius 2 is 1.72 bits per heavy atom. The molecule has 166 valence electrons. The highest BCUT2D eigenvalue weighted by molar-refractivity contribution is 6.20. The molecule has 2 unspecified atom stereocenters.